The van der Waals surface area contributed by atoms with Gasteiger partial charge in [-0.05, 0) is 39.6 Å². The van der Waals surface area contributed by atoms with Crippen molar-refractivity contribution < 1.29 is 4.74 Å². The Bertz CT molecular complexity index is 755. The summed E-state index contributed by atoms with van der Waals surface area (Å²) in [5.74, 6) is 1.81. The summed E-state index contributed by atoms with van der Waals surface area (Å²) in [6.07, 6.45) is 3.96. The molecule has 0 fully saturated rings. The fourth-order valence-corrected chi connectivity index (χ4v) is 2.94. The fourth-order valence-electron chi connectivity index (χ4n) is 2.94. The van der Waals surface area contributed by atoms with Gasteiger partial charge in [0.25, 0.3) is 0 Å². The highest BCUT2D eigenvalue weighted by Gasteiger charge is 2.16. The molecular formula is C21H34N6O. The van der Waals surface area contributed by atoms with E-state index in [0.29, 0.717) is 13.2 Å². The Morgan fingerprint density at radius 2 is 2.04 bits per heavy atom. The highest BCUT2D eigenvalue weighted by Crippen LogP contribution is 2.18. The summed E-state index contributed by atoms with van der Waals surface area (Å²) in [7, 11) is 8.11. The second-order valence-electron chi connectivity index (χ2n) is 7.16. The molecule has 0 amide bonds. The maximum Gasteiger partial charge on any atom is 0.193 e. The van der Waals surface area contributed by atoms with Crippen molar-refractivity contribution >= 4 is 5.96 Å². The molecule has 0 bridgehead atoms. The van der Waals surface area contributed by atoms with Crippen molar-refractivity contribution in [1.29, 1.82) is 0 Å². The first-order chi connectivity index (χ1) is 13.4. The van der Waals surface area contributed by atoms with Crippen LogP contribution in [0.15, 0.2) is 41.7 Å². The predicted octanol–water partition coefficient (Wildman–Crippen LogP) is 2.31. The second kappa shape index (κ2) is 10.7. The van der Waals surface area contributed by atoms with E-state index in [1.54, 1.807) is 0 Å². The largest absolute Gasteiger partial charge is 0.491 e. The van der Waals surface area contributed by atoms with Crippen molar-refractivity contribution in [3.63, 3.8) is 0 Å². The van der Waals surface area contributed by atoms with E-state index in [1.807, 2.05) is 49.4 Å². The molecule has 1 aromatic carbocycles. The van der Waals surface area contributed by atoms with Crippen LogP contribution in [-0.4, -0.2) is 72.9 Å². The number of hydrogen-bond donors (Lipinski definition) is 1. The molecule has 1 unspecified atom stereocenters. The number of nitrogens with zero attached hydrogens (tertiary/aromatic N) is 5. The number of aliphatic imine (C=N–C) groups is 1. The Hall–Kier alpha value is -2.54. The van der Waals surface area contributed by atoms with Crippen LogP contribution in [0.1, 0.15) is 24.1 Å². The van der Waals surface area contributed by atoms with E-state index in [1.165, 1.54) is 0 Å². The van der Waals surface area contributed by atoms with Gasteiger partial charge in [0.2, 0.25) is 0 Å². The van der Waals surface area contributed by atoms with Crippen molar-refractivity contribution in [2.24, 2.45) is 12.0 Å². The van der Waals surface area contributed by atoms with Crippen LogP contribution in [0.2, 0.25) is 0 Å². The van der Waals surface area contributed by atoms with Gasteiger partial charge in [0.15, 0.2) is 5.96 Å². The average molecular weight is 387 g/mol. The van der Waals surface area contributed by atoms with Gasteiger partial charge in [-0.1, -0.05) is 18.2 Å². The summed E-state index contributed by atoms with van der Waals surface area (Å²) in [5, 5.41) is 7.67. The van der Waals surface area contributed by atoms with Crippen LogP contribution in [0.5, 0.6) is 5.75 Å². The summed E-state index contributed by atoms with van der Waals surface area (Å²) >= 11 is 0. The third kappa shape index (κ3) is 6.27. The van der Waals surface area contributed by atoms with Crippen molar-refractivity contribution in [3.05, 3.63) is 47.8 Å². The molecule has 2 rings (SSSR count). The maximum absolute atomic E-state index is 5.93. The highest BCUT2D eigenvalue weighted by atomic mass is 16.5. The molecule has 0 aliphatic heterocycles. The SMILES string of the molecule is CCNC(=NCC(c1cnn(C)c1)N(C)C)N(C)CCOc1ccccc1C. The molecule has 154 valence electrons. The zero-order valence-corrected chi connectivity index (χ0v) is 18.0. The lowest BCUT2D eigenvalue weighted by Crippen LogP contribution is -2.41. The molecule has 0 aliphatic carbocycles. The topological polar surface area (TPSA) is 57.9 Å². The van der Waals surface area contributed by atoms with Crippen LogP contribution in [0.25, 0.3) is 0 Å². The molecular weight excluding hydrogens is 352 g/mol. The van der Waals surface area contributed by atoms with Gasteiger partial charge in [0.1, 0.15) is 12.4 Å². The van der Waals surface area contributed by atoms with Crippen molar-refractivity contribution in [2.75, 3.05) is 47.4 Å². The molecule has 7 nitrogen and oxygen atoms in total. The average Bonchev–Trinajstić information content (AvgIpc) is 3.08. The van der Waals surface area contributed by atoms with Crippen LogP contribution in [0.3, 0.4) is 0 Å². The summed E-state index contributed by atoms with van der Waals surface area (Å²) in [4.78, 5) is 9.14. The van der Waals surface area contributed by atoms with Crippen molar-refractivity contribution in [1.82, 2.24) is 24.9 Å². The first-order valence-corrected chi connectivity index (χ1v) is 9.75. The molecule has 0 saturated carbocycles. The number of ether oxygens (including phenoxy) is 1. The zero-order valence-electron chi connectivity index (χ0n) is 18.0. The Kier molecular flexibility index (Phi) is 8.32. The molecule has 7 heteroatoms. The lowest BCUT2D eigenvalue weighted by atomic mass is 10.1. The summed E-state index contributed by atoms with van der Waals surface area (Å²) in [6, 6.07) is 8.26. The number of guanidine groups is 1. The van der Waals surface area contributed by atoms with Crippen LogP contribution in [-0.2, 0) is 7.05 Å². The first-order valence-electron chi connectivity index (χ1n) is 9.75. The summed E-state index contributed by atoms with van der Waals surface area (Å²) in [6.45, 7) is 6.97. The van der Waals surface area contributed by atoms with Gasteiger partial charge < -0.3 is 19.9 Å². The number of rotatable bonds is 9. The molecule has 0 aliphatic rings. The Morgan fingerprint density at radius 3 is 2.64 bits per heavy atom. The van der Waals surface area contributed by atoms with E-state index in [4.69, 9.17) is 9.73 Å². The smallest absolute Gasteiger partial charge is 0.193 e. The normalized spacial score (nSPS) is 12.9. The quantitative estimate of drug-likeness (QED) is 0.529. The minimum absolute atomic E-state index is 0.180. The van der Waals surface area contributed by atoms with Crippen LogP contribution in [0.4, 0.5) is 0 Å². The Balaban J connectivity index is 1.98. The molecule has 0 saturated heterocycles. The van der Waals surface area contributed by atoms with E-state index in [0.717, 1.165) is 35.9 Å². The van der Waals surface area contributed by atoms with Gasteiger partial charge in [-0.3, -0.25) is 9.67 Å². The number of nitrogens with one attached hydrogen (secondary N) is 1. The number of aryl methyl sites for hydroxylation is 2. The van der Waals surface area contributed by atoms with E-state index in [9.17, 15) is 0 Å². The monoisotopic (exact) mass is 386 g/mol. The third-order valence-electron chi connectivity index (χ3n) is 4.62. The summed E-state index contributed by atoms with van der Waals surface area (Å²) < 4.78 is 7.76. The third-order valence-corrected chi connectivity index (χ3v) is 4.62. The van der Waals surface area contributed by atoms with E-state index in [2.05, 4.69) is 54.2 Å². The van der Waals surface area contributed by atoms with E-state index < -0.39 is 0 Å². The lowest BCUT2D eigenvalue weighted by Gasteiger charge is -2.25. The van der Waals surface area contributed by atoms with Gasteiger partial charge in [0, 0.05) is 32.4 Å². The number of benzene rings is 1. The molecule has 1 heterocycles. The van der Waals surface area contributed by atoms with Crippen LogP contribution >= 0.6 is 0 Å². The molecule has 0 radical (unpaired) electrons. The van der Waals surface area contributed by atoms with Crippen LogP contribution < -0.4 is 10.1 Å². The van der Waals surface area contributed by atoms with Gasteiger partial charge >= 0.3 is 0 Å². The maximum atomic E-state index is 5.93. The summed E-state index contributed by atoms with van der Waals surface area (Å²) in [5.41, 5.74) is 2.31. The standard InChI is InChI=1S/C21H34N6O/c1-7-22-21(23-15-19(25(3)4)18-14-24-27(6)16-18)26(5)12-13-28-20-11-9-8-10-17(20)2/h8-11,14,16,19H,7,12-13,15H2,1-6H3,(H,22,23). The molecule has 2 aromatic rings. The molecule has 0 spiro atoms. The van der Waals surface area contributed by atoms with Crippen molar-refractivity contribution in [3.8, 4) is 5.75 Å². The molecule has 1 atom stereocenters. The Morgan fingerprint density at radius 1 is 1.29 bits per heavy atom. The van der Waals surface area contributed by atoms with Crippen LogP contribution in [0, 0.1) is 6.92 Å². The lowest BCUT2D eigenvalue weighted by molar-refractivity contribution is 0.278. The van der Waals surface area contributed by atoms with Gasteiger partial charge in [-0.15, -0.1) is 0 Å². The highest BCUT2D eigenvalue weighted by molar-refractivity contribution is 5.79. The zero-order chi connectivity index (χ0) is 20.5. The number of hydrogen-bond acceptors (Lipinski definition) is 4. The first kappa shape index (κ1) is 21.8. The minimum Gasteiger partial charge on any atom is -0.491 e. The predicted molar refractivity (Wildman–Crippen MR) is 115 cm³/mol. The second-order valence-corrected chi connectivity index (χ2v) is 7.16. The van der Waals surface area contributed by atoms with Gasteiger partial charge in [-0.25, -0.2) is 0 Å². The number of para-hydroxylation sites is 1. The van der Waals surface area contributed by atoms with Gasteiger partial charge in [0.05, 0.1) is 25.3 Å². The number of likely N-dealkylation sites (N-methyl/N-ethyl adjacent to an activating group) is 2. The molecule has 1 N–H and O–H groups in total. The number of aromatic nitrogens is 2. The fraction of sp³-hybridized carbons (Fsp3) is 0.524. The van der Waals surface area contributed by atoms with Crippen molar-refractivity contribution in [2.45, 2.75) is 19.9 Å². The molecule has 28 heavy (non-hydrogen) atoms. The minimum atomic E-state index is 0.180. The van der Waals surface area contributed by atoms with E-state index in [-0.39, 0.29) is 6.04 Å². The molecule has 1 aromatic heterocycles. The van der Waals surface area contributed by atoms with E-state index >= 15 is 0 Å². The van der Waals surface area contributed by atoms with Gasteiger partial charge in [-0.2, -0.15) is 5.10 Å². The Labute approximate surface area is 169 Å².